The standard InChI is InChI=1S/C12H14FN3O5S2/c1-8-7-9(13)3-4-10(8)23(19,20)14-6-5-11-15-16-12(21-11)22(2,17)18/h3-4,7,14H,5-6H2,1-2H3. The maximum atomic E-state index is 13.0. The van der Waals surface area contributed by atoms with Crippen molar-refractivity contribution in [3.63, 3.8) is 0 Å². The van der Waals surface area contributed by atoms with E-state index in [0.29, 0.717) is 0 Å². The number of sulfonamides is 1. The SMILES string of the molecule is Cc1cc(F)ccc1S(=O)(=O)NCCc1nnc(S(C)(=O)=O)o1. The molecule has 0 aliphatic carbocycles. The molecule has 0 aliphatic rings. The van der Waals surface area contributed by atoms with Crippen LogP contribution in [0, 0.1) is 12.7 Å². The van der Waals surface area contributed by atoms with Gasteiger partial charge in [-0.1, -0.05) is 5.10 Å². The molecule has 0 aliphatic heterocycles. The van der Waals surface area contributed by atoms with E-state index in [1.165, 1.54) is 13.0 Å². The van der Waals surface area contributed by atoms with Crippen LogP contribution in [0.2, 0.25) is 0 Å². The quantitative estimate of drug-likeness (QED) is 0.791. The summed E-state index contributed by atoms with van der Waals surface area (Å²) in [5.41, 5.74) is 0.273. The number of benzene rings is 1. The monoisotopic (exact) mass is 363 g/mol. The van der Waals surface area contributed by atoms with Crippen molar-refractivity contribution in [2.45, 2.75) is 23.5 Å². The highest BCUT2D eigenvalue weighted by molar-refractivity contribution is 7.90. The van der Waals surface area contributed by atoms with Gasteiger partial charge in [0.25, 0.3) is 0 Å². The van der Waals surface area contributed by atoms with Crippen molar-refractivity contribution in [1.29, 1.82) is 0 Å². The third-order valence-electron chi connectivity index (χ3n) is 2.82. The van der Waals surface area contributed by atoms with Crippen LogP contribution in [-0.2, 0) is 26.3 Å². The molecule has 1 aromatic carbocycles. The van der Waals surface area contributed by atoms with Crippen LogP contribution in [0.1, 0.15) is 11.5 Å². The number of hydrogen-bond donors (Lipinski definition) is 1. The van der Waals surface area contributed by atoms with Crippen LogP contribution in [0.3, 0.4) is 0 Å². The fourth-order valence-corrected chi connectivity index (χ4v) is 3.47. The topological polar surface area (TPSA) is 119 Å². The van der Waals surface area contributed by atoms with Crippen molar-refractivity contribution in [1.82, 2.24) is 14.9 Å². The van der Waals surface area contributed by atoms with Gasteiger partial charge in [0, 0.05) is 19.2 Å². The van der Waals surface area contributed by atoms with Gasteiger partial charge in [0.15, 0.2) is 0 Å². The molecular weight excluding hydrogens is 349 g/mol. The molecule has 0 saturated heterocycles. The molecule has 0 atom stereocenters. The van der Waals surface area contributed by atoms with Crippen molar-refractivity contribution < 1.29 is 25.6 Å². The molecule has 1 aromatic heterocycles. The van der Waals surface area contributed by atoms with Crippen molar-refractivity contribution in [2.24, 2.45) is 0 Å². The molecule has 23 heavy (non-hydrogen) atoms. The molecule has 0 unspecified atom stereocenters. The molecule has 2 rings (SSSR count). The minimum atomic E-state index is -3.82. The summed E-state index contributed by atoms with van der Waals surface area (Å²) in [7, 11) is -7.43. The zero-order chi connectivity index (χ0) is 17.3. The van der Waals surface area contributed by atoms with Gasteiger partial charge in [0.05, 0.1) is 4.90 Å². The van der Waals surface area contributed by atoms with E-state index in [1.807, 2.05) is 0 Å². The second-order valence-corrected chi connectivity index (χ2v) is 8.42. The van der Waals surface area contributed by atoms with Crippen LogP contribution < -0.4 is 4.72 Å². The van der Waals surface area contributed by atoms with E-state index in [4.69, 9.17) is 4.42 Å². The van der Waals surface area contributed by atoms with Crippen LogP contribution in [0.25, 0.3) is 0 Å². The van der Waals surface area contributed by atoms with E-state index < -0.39 is 30.9 Å². The van der Waals surface area contributed by atoms with Crippen LogP contribution in [0.5, 0.6) is 0 Å². The van der Waals surface area contributed by atoms with Gasteiger partial charge in [0.1, 0.15) is 5.82 Å². The number of nitrogens with zero attached hydrogens (tertiary/aromatic N) is 2. The Labute approximate surface area is 132 Å². The summed E-state index contributed by atoms with van der Waals surface area (Å²) in [5, 5.41) is 6.36. The van der Waals surface area contributed by atoms with Crippen LogP contribution >= 0.6 is 0 Å². The minimum Gasteiger partial charge on any atom is -0.412 e. The van der Waals surface area contributed by atoms with Crippen LogP contribution in [-0.4, -0.2) is 39.8 Å². The van der Waals surface area contributed by atoms with Crippen LogP contribution in [0.4, 0.5) is 4.39 Å². The number of nitrogens with one attached hydrogen (secondary N) is 1. The molecule has 126 valence electrons. The minimum absolute atomic E-state index is 0.0102. The zero-order valence-corrected chi connectivity index (χ0v) is 13.9. The number of sulfone groups is 1. The van der Waals surface area contributed by atoms with E-state index in [2.05, 4.69) is 14.9 Å². The van der Waals surface area contributed by atoms with Gasteiger partial charge < -0.3 is 4.42 Å². The Bertz CT molecular complexity index is 922. The summed E-state index contributed by atoms with van der Waals surface area (Å²) in [5.74, 6) is -0.537. The summed E-state index contributed by atoms with van der Waals surface area (Å²) in [6.45, 7) is 1.40. The molecule has 8 nitrogen and oxygen atoms in total. The summed E-state index contributed by atoms with van der Waals surface area (Å²) in [6.07, 6.45) is 0.937. The maximum Gasteiger partial charge on any atom is 0.335 e. The lowest BCUT2D eigenvalue weighted by Crippen LogP contribution is -2.26. The molecule has 1 N–H and O–H groups in total. The number of rotatable bonds is 6. The highest BCUT2D eigenvalue weighted by Gasteiger charge is 2.19. The average molecular weight is 363 g/mol. The summed E-state index contributed by atoms with van der Waals surface area (Å²) in [4.78, 5) is -0.0405. The van der Waals surface area contributed by atoms with E-state index in [1.54, 1.807) is 0 Å². The number of aromatic nitrogens is 2. The molecule has 0 bridgehead atoms. The van der Waals surface area contributed by atoms with Crippen molar-refractivity contribution in [2.75, 3.05) is 12.8 Å². The molecule has 1 heterocycles. The van der Waals surface area contributed by atoms with Gasteiger partial charge in [-0.05, 0) is 30.7 Å². The molecule has 11 heteroatoms. The predicted octanol–water partition coefficient (Wildman–Crippen LogP) is 0.442. The number of halogens is 1. The third-order valence-corrected chi connectivity index (χ3v) is 5.24. The second-order valence-electron chi connectivity index (χ2n) is 4.79. The molecule has 0 amide bonds. The van der Waals surface area contributed by atoms with Gasteiger partial charge in [-0.25, -0.2) is 25.9 Å². The molecule has 0 saturated carbocycles. The third kappa shape index (κ3) is 4.33. The average Bonchev–Trinajstić information content (AvgIpc) is 2.86. The van der Waals surface area contributed by atoms with Gasteiger partial charge in [-0.3, -0.25) is 0 Å². The van der Waals surface area contributed by atoms with Gasteiger partial charge in [0.2, 0.25) is 25.8 Å². The van der Waals surface area contributed by atoms with Crippen LogP contribution in [0.15, 0.2) is 32.7 Å². The van der Waals surface area contributed by atoms with Gasteiger partial charge in [-0.15, -0.1) is 5.10 Å². The maximum absolute atomic E-state index is 13.0. The Morgan fingerprint density at radius 1 is 1.22 bits per heavy atom. The molecule has 2 aromatic rings. The molecule has 0 radical (unpaired) electrons. The first-order chi connectivity index (χ1) is 10.6. The Kier molecular flexibility index (Phi) is 4.82. The smallest absolute Gasteiger partial charge is 0.335 e. The fraction of sp³-hybridized carbons (Fsp3) is 0.333. The second kappa shape index (κ2) is 6.34. The first-order valence-electron chi connectivity index (χ1n) is 6.38. The van der Waals surface area contributed by atoms with Crippen molar-refractivity contribution in [3.8, 4) is 0 Å². The summed E-state index contributed by atoms with van der Waals surface area (Å²) >= 11 is 0. The lowest BCUT2D eigenvalue weighted by molar-refractivity contribution is 0.397. The molecule has 0 fully saturated rings. The van der Waals surface area contributed by atoms with E-state index in [9.17, 15) is 21.2 Å². The van der Waals surface area contributed by atoms with Gasteiger partial charge in [-0.2, -0.15) is 0 Å². The molecule has 0 spiro atoms. The zero-order valence-electron chi connectivity index (χ0n) is 12.3. The predicted molar refractivity (Wildman–Crippen MR) is 77.4 cm³/mol. The largest absolute Gasteiger partial charge is 0.412 e. The van der Waals surface area contributed by atoms with E-state index in [0.717, 1.165) is 18.4 Å². The first kappa shape index (κ1) is 17.5. The normalized spacial score (nSPS) is 12.5. The van der Waals surface area contributed by atoms with Crippen molar-refractivity contribution >= 4 is 19.9 Å². The van der Waals surface area contributed by atoms with Crippen molar-refractivity contribution in [3.05, 3.63) is 35.5 Å². The number of hydrogen-bond acceptors (Lipinski definition) is 7. The van der Waals surface area contributed by atoms with E-state index >= 15 is 0 Å². The lowest BCUT2D eigenvalue weighted by atomic mass is 10.2. The summed E-state index contributed by atoms with van der Waals surface area (Å²) < 4.78 is 66.9. The highest BCUT2D eigenvalue weighted by Crippen LogP contribution is 2.16. The first-order valence-corrected chi connectivity index (χ1v) is 9.75. The Balaban J connectivity index is 2.04. The summed E-state index contributed by atoms with van der Waals surface area (Å²) in [6, 6.07) is 3.34. The highest BCUT2D eigenvalue weighted by atomic mass is 32.2. The Morgan fingerprint density at radius 3 is 2.48 bits per heavy atom. The van der Waals surface area contributed by atoms with Gasteiger partial charge >= 0.3 is 5.22 Å². The Morgan fingerprint density at radius 2 is 1.91 bits per heavy atom. The lowest BCUT2D eigenvalue weighted by Gasteiger charge is -2.08. The fourth-order valence-electron chi connectivity index (χ4n) is 1.77. The molecular formula is C12H14FN3O5S2. The van der Waals surface area contributed by atoms with E-state index in [-0.39, 0.29) is 29.3 Å². The number of aryl methyl sites for hydroxylation is 1. The Hall–Kier alpha value is -1.85.